The van der Waals surface area contributed by atoms with Crippen LogP contribution in [-0.2, 0) is 10.0 Å². The molecule has 35 heavy (non-hydrogen) atoms. The van der Waals surface area contributed by atoms with Crippen LogP contribution in [0.15, 0.2) is 85.5 Å². The smallest absolute Gasteiger partial charge is 0.229 e. The molecule has 3 aromatic heterocycles. The molecule has 0 unspecified atom stereocenters. The zero-order valence-electron chi connectivity index (χ0n) is 19.2. The zero-order valence-corrected chi connectivity index (χ0v) is 20.8. The average Bonchev–Trinajstić information content (AvgIpc) is 3.45. The molecule has 178 valence electrons. The number of nitrogens with one attached hydrogen (secondary N) is 2. The molecule has 2 atom stereocenters. The predicted molar refractivity (Wildman–Crippen MR) is 141 cm³/mol. The first-order valence-corrected chi connectivity index (χ1v) is 13.3. The number of rotatable bonds is 6. The van der Waals surface area contributed by atoms with Gasteiger partial charge >= 0.3 is 0 Å². The maximum Gasteiger partial charge on any atom is 0.229 e. The van der Waals surface area contributed by atoms with Gasteiger partial charge in [0.2, 0.25) is 10.0 Å². The van der Waals surface area contributed by atoms with Crippen LogP contribution in [0.25, 0.3) is 5.69 Å². The number of anilines is 2. The van der Waals surface area contributed by atoms with E-state index < -0.39 is 10.0 Å². The van der Waals surface area contributed by atoms with Crippen LogP contribution in [0.2, 0.25) is 0 Å². The minimum atomic E-state index is -3.39. The van der Waals surface area contributed by atoms with Crippen molar-refractivity contribution >= 4 is 38.7 Å². The summed E-state index contributed by atoms with van der Waals surface area (Å²) < 4.78 is 28.2. The largest absolute Gasteiger partial charge is 0.351 e. The van der Waals surface area contributed by atoms with Crippen molar-refractivity contribution in [3.05, 3.63) is 102 Å². The summed E-state index contributed by atoms with van der Waals surface area (Å²) in [6, 6.07) is 19.0. The van der Waals surface area contributed by atoms with E-state index in [4.69, 9.17) is 12.2 Å². The number of thiocarbonyl (C=S) groups is 1. The maximum absolute atomic E-state index is 11.8. The normalized spacial score (nSPS) is 17.9. The van der Waals surface area contributed by atoms with Gasteiger partial charge in [-0.15, -0.1) is 0 Å². The third kappa shape index (κ3) is 4.62. The van der Waals surface area contributed by atoms with Crippen LogP contribution in [-0.4, -0.2) is 34.3 Å². The van der Waals surface area contributed by atoms with E-state index in [-0.39, 0.29) is 12.1 Å². The Hall–Kier alpha value is -3.76. The van der Waals surface area contributed by atoms with Gasteiger partial charge in [-0.25, -0.2) is 8.42 Å². The highest BCUT2D eigenvalue weighted by molar-refractivity contribution is 7.92. The standard InChI is InChI=1S/C25H24N6O2S2/c1-17-16-19(8-9-20(17)29-35(2,32)33)31-24(23(28-25(31)34)21-6-3-4-12-27-21)22-7-5-15-30(22)18-10-13-26-14-11-18/h3-16,23-24,29H,1-2H3,(H,28,34)/t23-,24-/m0/s1. The molecule has 0 bridgehead atoms. The summed E-state index contributed by atoms with van der Waals surface area (Å²) in [5, 5.41) is 4.03. The van der Waals surface area contributed by atoms with Gasteiger partial charge in [0.1, 0.15) is 6.04 Å². The summed E-state index contributed by atoms with van der Waals surface area (Å²) in [6.07, 6.45) is 8.46. The molecule has 2 N–H and O–H groups in total. The van der Waals surface area contributed by atoms with E-state index in [1.165, 1.54) is 0 Å². The Morgan fingerprint density at radius 1 is 1.00 bits per heavy atom. The van der Waals surface area contributed by atoms with E-state index in [2.05, 4.69) is 35.5 Å². The van der Waals surface area contributed by atoms with Crippen molar-refractivity contribution in [1.82, 2.24) is 19.9 Å². The van der Waals surface area contributed by atoms with Gasteiger partial charge in [0.15, 0.2) is 5.11 Å². The monoisotopic (exact) mass is 504 g/mol. The Kier molecular flexibility index (Phi) is 6.00. The molecule has 1 aliphatic rings. The van der Waals surface area contributed by atoms with Gasteiger partial charge in [0, 0.05) is 41.9 Å². The second kappa shape index (κ2) is 9.12. The Balaban J connectivity index is 1.63. The van der Waals surface area contributed by atoms with E-state index in [0.717, 1.165) is 34.6 Å². The van der Waals surface area contributed by atoms with E-state index in [1.807, 2.05) is 61.7 Å². The number of hydrogen-bond donors (Lipinski definition) is 2. The van der Waals surface area contributed by atoms with E-state index >= 15 is 0 Å². The van der Waals surface area contributed by atoms with Crippen LogP contribution in [0.3, 0.4) is 0 Å². The molecule has 1 aliphatic heterocycles. The van der Waals surface area contributed by atoms with Gasteiger partial charge in [-0.05, 0) is 79.3 Å². The van der Waals surface area contributed by atoms with Crippen molar-refractivity contribution in [2.45, 2.75) is 19.0 Å². The molecule has 0 spiro atoms. The topological polar surface area (TPSA) is 92.2 Å². The Morgan fingerprint density at radius 3 is 2.49 bits per heavy atom. The lowest BCUT2D eigenvalue weighted by Crippen LogP contribution is -2.30. The molecular formula is C25H24N6O2S2. The van der Waals surface area contributed by atoms with Gasteiger partial charge in [0.05, 0.1) is 23.7 Å². The zero-order chi connectivity index (χ0) is 24.6. The number of sulfonamides is 1. The highest BCUT2D eigenvalue weighted by Gasteiger charge is 2.42. The lowest BCUT2D eigenvalue weighted by Gasteiger charge is -2.29. The molecule has 8 nitrogen and oxygen atoms in total. The highest BCUT2D eigenvalue weighted by atomic mass is 32.2. The lowest BCUT2D eigenvalue weighted by molar-refractivity contribution is 0.549. The molecule has 1 saturated heterocycles. The predicted octanol–water partition coefficient (Wildman–Crippen LogP) is 4.12. The number of benzene rings is 1. The van der Waals surface area contributed by atoms with Crippen LogP contribution >= 0.6 is 12.2 Å². The van der Waals surface area contributed by atoms with Crippen molar-refractivity contribution in [3.8, 4) is 5.69 Å². The van der Waals surface area contributed by atoms with Crippen molar-refractivity contribution in [1.29, 1.82) is 0 Å². The fourth-order valence-electron chi connectivity index (χ4n) is 4.42. The van der Waals surface area contributed by atoms with Crippen LogP contribution in [0, 0.1) is 6.92 Å². The highest BCUT2D eigenvalue weighted by Crippen LogP contribution is 2.42. The lowest BCUT2D eigenvalue weighted by atomic mass is 10.0. The first kappa shape index (κ1) is 23.0. The van der Waals surface area contributed by atoms with Crippen molar-refractivity contribution < 1.29 is 8.42 Å². The molecular weight excluding hydrogens is 480 g/mol. The first-order valence-electron chi connectivity index (χ1n) is 11.0. The molecule has 10 heteroatoms. The summed E-state index contributed by atoms with van der Waals surface area (Å²) in [7, 11) is -3.39. The molecule has 0 radical (unpaired) electrons. The quantitative estimate of drug-likeness (QED) is 0.382. The van der Waals surface area contributed by atoms with E-state index in [9.17, 15) is 8.42 Å². The molecule has 0 amide bonds. The maximum atomic E-state index is 11.8. The Bertz CT molecular complexity index is 1470. The third-order valence-electron chi connectivity index (χ3n) is 5.91. The summed E-state index contributed by atoms with van der Waals surface area (Å²) in [4.78, 5) is 10.8. The summed E-state index contributed by atoms with van der Waals surface area (Å²) in [6.45, 7) is 1.87. The summed E-state index contributed by atoms with van der Waals surface area (Å²) in [5.74, 6) is 0. The second-order valence-electron chi connectivity index (χ2n) is 8.38. The molecule has 1 fully saturated rings. The Labute approximate surface area is 209 Å². The molecule has 0 saturated carbocycles. The van der Waals surface area contributed by atoms with E-state index in [0.29, 0.717) is 10.8 Å². The SMILES string of the molecule is Cc1cc(N2C(=S)N[C@@H](c3ccccn3)[C@@H]2c2cccn2-c2ccncc2)ccc1NS(C)(=O)=O. The molecule has 5 rings (SSSR count). The third-order valence-corrected chi connectivity index (χ3v) is 6.81. The van der Waals surface area contributed by atoms with Crippen molar-refractivity contribution in [2.24, 2.45) is 0 Å². The molecule has 1 aromatic carbocycles. The number of pyridine rings is 2. The summed E-state index contributed by atoms with van der Waals surface area (Å²) >= 11 is 5.83. The fraction of sp³-hybridized carbons (Fsp3) is 0.160. The van der Waals surface area contributed by atoms with E-state index in [1.54, 1.807) is 24.7 Å². The number of aromatic nitrogens is 3. The molecule has 4 heterocycles. The number of nitrogens with zero attached hydrogens (tertiary/aromatic N) is 4. The van der Waals surface area contributed by atoms with Gasteiger partial charge in [0.25, 0.3) is 0 Å². The molecule has 4 aromatic rings. The van der Waals surface area contributed by atoms with Crippen molar-refractivity contribution in [2.75, 3.05) is 15.9 Å². The van der Waals surface area contributed by atoms with Crippen LogP contribution < -0.4 is 14.9 Å². The second-order valence-corrected chi connectivity index (χ2v) is 10.5. The minimum Gasteiger partial charge on any atom is -0.351 e. The summed E-state index contributed by atoms with van der Waals surface area (Å²) in [5.41, 5.74) is 5.06. The number of hydrogen-bond acceptors (Lipinski definition) is 5. The first-order chi connectivity index (χ1) is 16.8. The van der Waals surface area contributed by atoms with Gasteiger partial charge < -0.3 is 14.8 Å². The number of aryl methyl sites for hydroxylation is 1. The van der Waals surface area contributed by atoms with Crippen molar-refractivity contribution in [3.63, 3.8) is 0 Å². The average molecular weight is 505 g/mol. The van der Waals surface area contributed by atoms with Crippen LogP contribution in [0.4, 0.5) is 11.4 Å². The van der Waals surface area contributed by atoms with Crippen LogP contribution in [0.1, 0.15) is 29.0 Å². The minimum absolute atomic E-state index is 0.201. The van der Waals surface area contributed by atoms with Gasteiger partial charge in [-0.3, -0.25) is 14.7 Å². The molecule has 0 aliphatic carbocycles. The van der Waals surface area contributed by atoms with Gasteiger partial charge in [-0.2, -0.15) is 0 Å². The van der Waals surface area contributed by atoms with Crippen LogP contribution in [0.5, 0.6) is 0 Å². The Morgan fingerprint density at radius 2 is 1.80 bits per heavy atom. The van der Waals surface area contributed by atoms with Gasteiger partial charge in [-0.1, -0.05) is 6.07 Å². The fourth-order valence-corrected chi connectivity index (χ4v) is 5.39.